The molecular weight excluding hydrogens is 512 g/mol. The molecule has 3 aromatic rings. The molecule has 190 valence electrons. The Morgan fingerprint density at radius 3 is 2.43 bits per heavy atom. The average Bonchev–Trinajstić information content (AvgIpc) is 3.32. The Bertz CT molecular complexity index is 1460. The van der Waals surface area contributed by atoms with Crippen LogP contribution < -0.4 is 9.80 Å². The summed E-state index contributed by atoms with van der Waals surface area (Å²) in [6, 6.07) is 14.0. The van der Waals surface area contributed by atoms with Crippen LogP contribution in [0.3, 0.4) is 0 Å². The number of anilines is 2. The monoisotopic (exact) mass is 536 g/mol. The number of aryl methyl sites for hydroxylation is 1. The van der Waals surface area contributed by atoms with Crippen molar-refractivity contribution in [1.29, 1.82) is 0 Å². The zero-order chi connectivity index (χ0) is 26.3. The summed E-state index contributed by atoms with van der Waals surface area (Å²) < 4.78 is 1.93. The fourth-order valence-corrected chi connectivity index (χ4v) is 6.03. The van der Waals surface area contributed by atoms with Crippen molar-refractivity contribution >= 4 is 57.6 Å². The third-order valence-electron chi connectivity index (χ3n) is 6.75. The standard InChI is InChI=1S/C27H25ClN4O4S/c1-17-14-19(15-25-26(33)31(27(34)37-25)22-9-5-4-8-21(22)28)18(2)30(17)20-10-11-23(24(16-20)32(35)36)29-12-6-3-7-13-29/h4-5,8-11,14-16H,3,6-7,12-13H2,1-2H3/b25-15-. The number of nitro groups is 1. The van der Waals surface area contributed by atoms with Crippen molar-refractivity contribution in [3.8, 4) is 5.69 Å². The quantitative estimate of drug-likeness (QED) is 0.200. The number of hydrogen-bond acceptors (Lipinski definition) is 6. The van der Waals surface area contributed by atoms with Crippen molar-refractivity contribution in [3.05, 3.63) is 85.5 Å². The molecule has 0 bridgehead atoms. The van der Waals surface area contributed by atoms with E-state index in [2.05, 4.69) is 4.90 Å². The van der Waals surface area contributed by atoms with Gasteiger partial charge in [0, 0.05) is 30.5 Å². The fourth-order valence-electron chi connectivity index (χ4n) is 4.98. The summed E-state index contributed by atoms with van der Waals surface area (Å²) in [5.41, 5.74) is 4.16. The topological polar surface area (TPSA) is 88.7 Å². The van der Waals surface area contributed by atoms with Gasteiger partial charge in [0.15, 0.2) is 0 Å². The minimum Gasteiger partial charge on any atom is -0.366 e. The average molecular weight is 537 g/mol. The van der Waals surface area contributed by atoms with Crippen LogP contribution in [0.5, 0.6) is 0 Å². The SMILES string of the molecule is Cc1cc(/C=C2\SC(=O)N(c3ccccc3Cl)C2=O)c(C)n1-c1ccc(N2CCCCC2)c([N+](=O)[O-])c1. The predicted octanol–water partition coefficient (Wildman–Crippen LogP) is 6.89. The molecule has 2 saturated heterocycles. The molecule has 0 unspecified atom stereocenters. The van der Waals surface area contributed by atoms with Gasteiger partial charge in [0.25, 0.3) is 16.8 Å². The molecule has 1 aromatic heterocycles. The first-order valence-electron chi connectivity index (χ1n) is 12.0. The molecule has 8 nitrogen and oxygen atoms in total. The Labute approximate surface area is 223 Å². The van der Waals surface area contributed by atoms with E-state index in [4.69, 9.17) is 11.6 Å². The van der Waals surface area contributed by atoms with E-state index in [0.717, 1.165) is 66.0 Å². The van der Waals surface area contributed by atoms with Crippen LogP contribution in [0.1, 0.15) is 36.2 Å². The summed E-state index contributed by atoms with van der Waals surface area (Å²) in [6.45, 7) is 5.43. The first kappa shape index (κ1) is 25.1. The highest BCUT2D eigenvalue weighted by molar-refractivity contribution is 8.19. The summed E-state index contributed by atoms with van der Waals surface area (Å²) in [6.07, 6.45) is 4.89. The summed E-state index contributed by atoms with van der Waals surface area (Å²) in [4.78, 5) is 40.9. The van der Waals surface area contributed by atoms with Crippen molar-refractivity contribution < 1.29 is 14.5 Å². The minimum absolute atomic E-state index is 0.0781. The lowest BCUT2D eigenvalue weighted by Crippen LogP contribution is -2.30. The molecule has 0 saturated carbocycles. The van der Waals surface area contributed by atoms with Gasteiger partial charge in [-0.3, -0.25) is 19.7 Å². The van der Waals surface area contributed by atoms with Crippen LogP contribution in [0.4, 0.5) is 21.9 Å². The first-order valence-corrected chi connectivity index (χ1v) is 13.2. The number of benzene rings is 2. The first-order chi connectivity index (χ1) is 17.8. The lowest BCUT2D eigenvalue weighted by Gasteiger charge is -2.28. The summed E-state index contributed by atoms with van der Waals surface area (Å²) >= 11 is 7.09. The van der Waals surface area contributed by atoms with Gasteiger partial charge >= 0.3 is 0 Å². The zero-order valence-electron chi connectivity index (χ0n) is 20.4. The molecule has 2 aliphatic rings. The number of carbonyl (C=O) groups excluding carboxylic acids is 2. The van der Waals surface area contributed by atoms with Gasteiger partial charge in [0.05, 0.1) is 26.2 Å². The highest BCUT2D eigenvalue weighted by Crippen LogP contribution is 2.39. The second-order valence-electron chi connectivity index (χ2n) is 9.11. The Morgan fingerprint density at radius 2 is 1.73 bits per heavy atom. The predicted molar refractivity (Wildman–Crippen MR) is 148 cm³/mol. The lowest BCUT2D eigenvalue weighted by atomic mass is 10.1. The van der Waals surface area contributed by atoms with Crippen molar-refractivity contribution in [2.75, 3.05) is 22.9 Å². The van der Waals surface area contributed by atoms with Crippen LogP contribution in [-0.4, -0.2) is 33.7 Å². The molecule has 0 spiro atoms. The van der Waals surface area contributed by atoms with E-state index in [1.54, 1.807) is 36.4 Å². The van der Waals surface area contributed by atoms with Crippen LogP contribution in [0.2, 0.25) is 5.02 Å². The van der Waals surface area contributed by atoms with Crippen LogP contribution in [0.15, 0.2) is 53.4 Å². The Kier molecular flexibility index (Phi) is 6.83. The number of hydrogen-bond donors (Lipinski definition) is 0. The van der Waals surface area contributed by atoms with Gasteiger partial charge in [-0.25, -0.2) is 4.90 Å². The number of nitrogens with zero attached hydrogens (tertiary/aromatic N) is 4. The van der Waals surface area contributed by atoms with Crippen LogP contribution in [0.25, 0.3) is 11.8 Å². The van der Waals surface area contributed by atoms with E-state index in [0.29, 0.717) is 22.1 Å². The van der Waals surface area contributed by atoms with E-state index in [9.17, 15) is 19.7 Å². The molecule has 2 amide bonds. The van der Waals surface area contributed by atoms with E-state index in [1.807, 2.05) is 36.6 Å². The molecule has 5 rings (SSSR count). The van der Waals surface area contributed by atoms with E-state index < -0.39 is 11.1 Å². The molecule has 0 radical (unpaired) electrons. The molecule has 10 heteroatoms. The van der Waals surface area contributed by atoms with Crippen molar-refractivity contribution in [2.24, 2.45) is 0 Å². The number of imide groups is 1. The van der Waals surface area contributed by atoms with E-state index >= 15 is 0 Å². The van der Waals surface area contributed by atoms with Gasteiger partial charge in [-0.15, -0.1) is 0 Å². The van der Waals surface area contributed by atoms with Crippen LogP contribution in [-0.2, 0) is 4.79 Å². The third-order valence-corrected chi connectivity index (χ3v) is 7.94. The molecule has 0 N–H and O–H groups in total. The van der Waals surface area contributed by atoms with Gasteiger partial charge in [-0.2, -0.15) is 0 Å². The Morgan fingerprint density at radius 1 is 1.00 bits per heavy atom. The second kappa shape index (κ2) is 10.1. The Balaban J connectivity index is 1.49. The fraction of sp³-hybridized carbons (Fsp3) is 0.259. The smallest absolute Gasteiger partial charge is 0.298 e. The molecule has 2 aromatic carbocycles. The number of carbonyl (C=O) groups is 2. The number of nitro benzene ring substituents is 1. The maximum absolute atomic E-state index is 13.1. The highest BCUT2D eigenvalue weighted by atomic mass is 35.5. The summed E-state index contributed by atoms with van der Waals surface area (Å²) in [5, 5.41) is 11.9. The molecule has 0 aliphatic carbocycles. The minimum atomic E-state index is -0.436. The van der Waals surface area contributed by atoms with Gasteiger partial charge in [-0.1, -0.05) is 23.7 Å². The third kappa shape index (κ3) is 4.65. The number of aromatic nitrogens is 1. The van der Waals surface area contributed by atoms with E-state index in [-0.39, 0.29) is 15.5 Å². The highest BCUT2D eigenvalue weighted by Gasteiger charge is 2.37. The van der Waals surface area contributed by atoms with Gasteiger partial charge in [-0.05, 0) is 86.8 Å². The summed E-state index contributed by atoms with van der Waals surface area (Å²) in [5.74, 6) is -0.436. The number of piperidine rings is 1. The van der Waals surface area contributed by atoms with Crippen molar-refractivity contribution in [1.82, 2.24) is 4.57 Å². The van der Waals surface area contributed by atoms with Crippen LogP contribution in [0, 0.1) is 24.0 Å². The Hall–Kier alpha value is -3.56. The summed E-state index contributed by atoms with van der Waals surface area (Å²) in [7, 11) is 0. The zero-order valence-corrected chi connectivity index (χ0v) is 22.0. The normalized spacial score (nSPS) is 17.2. The van der Waals surface area contributed by atoms with Gasteiger partial charge in [0.1, 0.15) is 5.69 Å². The largest absolute Gasteiger partial charge is 0.366 e. The lowest BCUT2D eigenvalue weighted by molar-refractivity contribution is -0.384. The van der Waals surface area contributed by atoms with E-state index in [1.165, 1.54) is 0 Å². The molecule has 2 aliphatic heterocycles. The number of thioether (sulfide) groups is 1. The van der Waals surface area contributed by atoms with Crippen LogP contribution >= 0.6 is 23.4 Å². The van der Waals surface area contributed by atoms with Crippen molar-refractivity contribution in [2.45, 2.75) is 33.1 Å². The molecule has 0 atom stereocenters. The maximum atomic E-state index is 13.1. The van der Waals surface area contributed by atoms with Crippen molar-refractivity contribution in [3.63, 3.8) is 0 Å². The van der Waals surface area contributed by atoms with Gasteiger partial charge < -0.3 is 9.47 Å². The number of halogens is 1. The number of para-hydroxylation sites is 1. The molecule has 3 heterocycles. The number of amides is 2. The number of rotatable bonds is 5. The second-order valence-corrected chi connectivity index (χ2v) is 10.5. The maximum Gasteiger partial charge on any atom is 0.298 e. The molecular formula is C27H25ClN4O4S. The molecule has 37 heavy (non-hydrogen) atoms. The molecule has 2 fully saturated rings. The van der Waals surface area contributed by atoms with Gasteiger partial charge in [0.2, 0.25) is 0 Å².